The SMILES string of the molecule is COc1c(O)c2ccc(O[C@@H]3O[C@H](COC(C)=O)[C@H](OC(C)=O)[C@H](OC(C)=O)[C@H]3OC(C)=O)cc2oc1=O. The third-order valence-corrected chi connectivity index (χ3v) is 5.22. The fraction of sp³-hybridized carbons (Fsp3) is 0.458. The van der Waals surface area contributed by atoms with Crippen LogP contribution in [0.25, 0.3) is 11.0 Å². The summed E-state index contributed by atoms with van der Waals surface area (Å²) < 4.78 is 42.8. The Kier molecular flexibility index (Phi) is 8.78. The van der Waals surface area contributed by atoms with Crippen LogP contribution in [0, 0.1) is 0 Å². The Labute approximate surface area is 215 Å². The monoisotopic (exact) mass is 538 g/mol. The zero-order valence-corrected chi connectivity index (χ0v) is 21.1. The summed E-state index contributed by atoms with van der Waals surface area (Å²) >= 11 is 0. The lowest BCUT2D eigenvalue weighted by molar-refractivity contribution is -0.288. The number of esters is 4. The number of fused-ring (bicyclic) bond motifs is 1. The van der Waals surface area contributed by atoms with Crippen molar-refractivity contribution in [2.24, 2.45) is 0 Å². The van der Waals surface area contributed by atoms with Gasteiger partial charge >= 0.3 is 29.5 Å². The van der Waals surface area contributed by atoms with Crippen molar-refractivity contribution in [3.05, 3.63) is 28.6 Å². The van der Waals surface area contributed by atoms with E-state index in [1.165, 1.54) is 25.3 Å². The van der Waals surface area contributed by atoms with Gasteiger partial charge in [-0.15, -0.1) is 0 Å². The van der Waals surface area contributed by atoms with E-state index >= 15 is 0 Å². The van der Waals surface area contributed by atoms with Crippen molar-refractivity contribution in [1.29, 1.82) is 0 Å². The molecule has 0 bridgehead atoms. The Morgan fingerprint density at radius 1 is 0.895 bits per heavy atom. The molecule has 0 radical (unpaired) electrons. The molecule has 0 amide bonds. The van der Waals surface area contributed by atoms with Gasteiger partial charge in [0.2, 0.25) is 18.1 Å². The standard InChI is InChI=1S/C24H26O14/c1-10(25)32-9-17-19(33-11(2)26)21(34-12(3)27)22(35-13(4)28)24(38-17)36-14-6-7-15-16(8-14)37-23(30)20(31-5)18(15)29/h6-8,17,19,21-22,24,29H,9H2,1-5H3/t17-,19+,21+,22-,24-/m1/s1. The average molecular weight is 538 g/mol. The fourth-order valence-electron chi connectivity index (χ4n) is 3.82. The average Bonchev–Trinajstić information content (AvgIpc) is 2.81. The largest absolute Gasteiger partial charge is 0.504 e. The fourth-order valence-corrected chi connectivity index (χ4v) is 3.82. The molecule has 1 aromatic heterocycles. The Hall–Kier alpha value is -4.33. The zero-order chi connectivity index (χ0) is 28.1. The number of hydrogen-bond acceptors (Lipinski definition) is 14. The summed E-state index contributed by atoms with van der Waals surface area (Å²) in [6, 6.07) is 4.01. The van der Waals surface area contributed by atoms with Crippen LogP contribution in [0.4, 0.5) is 0 Å². The van der Waals surface area contributed by atoms with Crippen LogP contribution < -0.4 is 15.1 Å². The molecule has 1 aliphatic heterocycles. The predicted molar refractivity (Wildman–Crippen MR) is 123 cm³/mol. The van der Waals surface area contributed by atoms with Crippen molar-refractivity contribution in [1.82, 2.24) is 0 Å². The molecule has 0 unspecified atom stereocenters. The molecule has 1 aromatic carbocycles. The van der Waals surface area contributed by atoms with Crippen LogP contribution in [0.2, 0.25) is 0 Å². The first-order valence-corrected chi connectivity index (χ1v) is 11.2. The highest BCUT2D eigenvalue weighted by Gasteiger charge is 2.53. The second-order valence-corrected chi connectivity index (χ2v) is 8.11. The Bertz CT molecular complexity index is 1280. The zero-order valence-electron chi connectivity index (χ0n) is 21.1. The molecule has 1 saturated heterocycles. The summed E-state index contributed by atoms with van der Waals surface area (Å²) in [5.74, 6) is -3.85. The van der Waals surface area contributed by atoms with Gasteiger partial charge in [0.25, 0.3) is 0 Å². The Balaban J connectivity index is 2.04. The highest BCUT2D eigenvalue weighted by molar-refractivity contribution is 5.86. The van der Waals surface area contributed by atoms with E-state index in [2.05, 4.69) is 0 Å². The molecule has 0 aliphatic carbocycles. The predicted octanol–water partition coefficient (Wildman–Crippen LogP) is 0.969. The molecule has 0 saturated carbocycles. The Morgan fingerprint density at radius 3 is 2.08 bits per heavy atom. The second-order valence-electron chi connectivity index (χ2n) is 8.11. The van der Waals surface area contributed by atoms with E-state index in [0.29, 0.717) is 0 Å². The molecule has 1 N–H and O–H groups in total. The topological polar surface area (TPSA) is 183 Å². The summed E-state index contributed by atoms with van der Waals surface area (Å²) in [4.78, 5) is 59.2. The van der Waals surface area contributed by atoms with Crippen LogP contribution in [0.1, 0.15) is 27.7 Å². The van der Waals surface area contributed by atoms with E-state index in [-0.39, 0.29) is 22.5 Å². The van der Waals surface area contributed by atoms with Gasteiger partial charge in [-0.25, -0.2) is 4.79 Å². The molecule has 1 aliphatic rings. The first kappa shape index (κ1) is 28.2. The molecular formula is C24H26O14. The van der Waals surface area contributed by atoms with Crippen molar-refractivity contribution >= 4 is 34.8 Å². The smallest absolute Gasteiger partial charge is 0.383 e. The summed E-state index contributed by atoms with van der Waals surface area (Å²) in [7, 11) is 1.19. The molecule has 14 heteroatoms. The van der Waals surface area contributed by atoms with Crippen molar-refractivity contribution < 1.29 is 61.9 Å². The first-order valence-electron chi connectivity index (χ1n) is 11.2. The minimum Gasteiger partial charge on any atom is -0.504 e. The van der Waals surface area contributed by atoms with Crippen LogP contribution in [0.3, 0.4) is 0 Å². The second kappa shape index (κ2) is 11.8. The molecule has 206 valence electrons. The van der Waals surface area contributed by atoms with Gasteiger partial charge in [0.15, 0.2) is 18.0 Å². The van der Waals surface area contributed by atoms with E-state index in [1.807, 2.05) is 0 Å². The highest BCUT2D eigenvalue weighted by atomic mass is 16.7. The van der Waals surface area contributed by atoms with Gasteiger partial charge in [0, 0.05) is 33.8 Å². The first-order chi connectivity index (χ1) is 17.9. The van der Waals surface area contributed by atoms with Crippen LogP contribution in [0.15, 0.2) is 27.4 Å². The molecule has 38 heavy (non-hydrogen) atoms. The number of aromatic hydroxyl groups is 1. The number of hydrogen-bond donors (Lipinski definition) is 1. The maximum Gasteiger partial charge on any atom is 0.383 e. The summed E-state index contributed by atoms with van der Waals surface area (Å²) in [5.41, 5.74) is -1.02. The maximum absolute atomic E-state index is 12.1. The van der Waals surface area contributed by atoms with Crippen molar-refractivity contribution in [3.8, 4) is 17.2 Å². The van der Waals surface area contributed by atoms with E-state index < -0.39 is 72.6 Å². The van der Waals surface area contributed by atoms with Crippen molar-refractivity contribution in [3.63, 3.8) is 0 Å². The normalized spacial score (nSPS) is 22.7. The Morgan fingerprint density at radius 2 is 1.50 bits per heavy atom. The van der Waals surface area contributed by atoms with Gasteiger partial charge in [-0.1, -0.05) is 0 Å². The van der Waals surface area contributed by atoms with Gasteiger partial charge in [0.1, 0.15) is 24.0 Å². The highest BCUT2D eigenvalue weighted by Crippen LogP contribution is 2.35. The molecule has 14 nitrogen and oxygen atoms in total. The number of benzene rings is 1. The van der Waals surface area contributed by atoms with Crippen LogP contribution in [-0.2, 0) is 42.9 Å². The molecule has 2 aromatic rings. The lowest BCUT2D eigenvalue weighted by Crippen LogP contribution is -2.63. The molecular weight excluding hydrogens is 512 g/mol. The van der Waals surface area contributed by atoms with Crippen LogP contribution >= 0.6 is 0 Å². The van der Waals surface area contributed by atoms with Gasteiger partial charge in [-0.3, -0.25) is 19.2 Å². The van der Waals surface area contributed by atoms with E-state index in [0.717, 1.165) is 27.7 Å². The van der Waals surface area contributed by atoms with E-state index in [1.54, 1.807) is 0 Å². The third kappa shape index (κ3) is 6.51. The van der Waals surface area contributed by atoms with Crippen molar-refractivity contribution in [2.45, 2.75) is 58.4 Å². The van der Waals surface area contributed by atoms with Gasteiger partial charge in [-0.05, 0) is 12.1 Å². The number of rotatable bonds is 8. The molecule has 3 rings (SSSR count). The quantitative estimate of drug-likeness (QED) is 0.285. The summed E-state index contributed by atoms with van der Waals surface area (Å²) in [5, 5.41) is 10.4. The van der Waals surface area contributed by atoms with Crippen LogP contribution in [0.5, 0.6) is 17.2 Å². The van der Waals surface area contributed by atoms with E-state index in [9.17, 15) is 29.1 Å². The van der Waals surface area contributed by atoms with Gasteiger partial charge in [-0.2, -0.15) is 0 Å². The summed E-state index contributed by atoms with van der Waals surface area (Å²) in [6.45, 7) is 4.00. The number of methoxy groups -OCH3 is 1. The van der Waals surface area contributed by atoms with Crippen molar-refractivity contribution in [2.75, 3.05) is 13.7 Å². The lowest BCUT2D eigenvalue weighted by atomic mass is 9.98. The van der Waals surface area contributed by atoms with E-state index in [4.69, 9.17) is 37.6 Å². The maximum atomic E-state index is 12.1. The van der Waals surface area contributed by atoms with Crippen LogP contribution in [-0.4, -0.2) is 73.4 Å². The molecule has 5 atom stereocenters. The molecule has 0 spiro atoms. The van der Waals surface area contributed by atoms with Gasteiger partial charge < -0.3 is 42.7 Å². The minimum absolute atomic E-state index is 0.0196. The minimum atomic E-state index is -1.49. The molecule has 1 fully saturated rings. The van der Waals surface area contributed by atoms with Gasteiger partial charge in [0.05, 0.1) is 12.5 Å². The number of carbonyl (C=O) groups is 4. The third-order valence-electron chi connectivity index (χ3n) is 5.22. The lowest BCUT2D eigenvalue weighted by Gasteiger charge is -2.43. The number of ether oxygens (including phenoxy) is 7. The number of carbonyl (C=O) groups excluding carboxylic acids is 4. The summed E-state index contributed by atoms with van der Waals surface area (Å²) in [6.07, 6.45) is -6.94. The molecule has 2 heterocycles.